The van der Waals surface area contributed by atoms with Gasteiger partial charge in [-0.25, -0.2) is 0 Å². The van der Waals surface area contributed by atoms with Crippen molar-refractivity contribution in [2.24, 2.45) is 0 Å². The highest BCUT2D eigenvalue weighted by Crippen LogP contribution is 2.24. The molecule has 0 aliphatic heterocycles. The van der Waals surface area contributed by atoms with E-state index in [0.717, 1.165) is 12.1 Å². The van der Waals surface area contributed by atoms with E-state index >= 15 is 0 Å². The van der Waals surface area contributed by atoms with E-state index in [0.29, 0.717) is 5.82 Å². The highest BCUT2D eigenvalue weighted by Gasteiger charge is 2.06. The first kappa shape index (κ1) is 9.77. The molecule has 0 aliphatic rings. The van der Waals surface area contributed by atoms with Gasteiger partial charge in [0, 0.05) is 11.6 Å². The van der Waals surface area contributed by atoms with Crippen LogP contribution in [-0.2, 0) is 6.42 Å². The van der Waals surface area contributed by atoms with Gasteiger partial charge in [0.15, 0.2) is 0 Å². The van der Waals surface area contributed by atoms with E-state index < -0.39 is 0 Å². The Morgan fingerprint density at radius 2 is 2.13 bits per heavy atom. The number of rotatable bonds is 2. The molecule has 1 aromatic carbocycles. The second-order valence-electron chi connectivity index (χ2n) is 3.72. The summed E-state index contributed by atoms with van der Waals surface area (Å²) in [6, 6.07) is 8.31. The third-order valence-corrected chi connectivity index (χ3v) is 2.53. The average Bonchev–Trinajstić information content (AvgIpc) is 2.65. The fourth-order valence-corrected chi connectivity index (χ4v) is 1.72. The summed E-state index contributed by atoms with van der Waals surface area (Å²) in [7, 11) is 0. The van der Waals surface area contributed by atoms with E-state index in [2.05, 4.69) is 42.2 Å². The molecule has 0 radical (unpaired) electrons. The molecule has 2 rings (SSSR count). The third kappa shape index (κ3) is 1.86. The van der Waals surface area contributed by atoms with Gasteiger partial charge in [0.2, 0.25) is 0 Å². The number of nitrogens with zero attached hydrogens (tertiary/aromatic N) is 1. The summed E-state index contributed by atoms with van der Waals surface area (Å²) in [5.41, 5.74) is 10.3. The van der Waals surface area contributed by atoms with Crippen LogP contribution >= 0.6 is 0 Å². The number of hydrogen-bond acceptors (Lipinski definition) is 2. The predicted molar refractivity (Wildman–Crippen MR) is 62.6 cm³/mol. The molecular weight excluding hydrogens is 186 g/mol. The summed E-state index contributed by atoms with van der Waals surface area (Å²) >= 11 is 0. The van der Waals surface area contributed by atoms with Gasteiger partial charge in [0.1, 0.15) is 5.82 Å². The molecule has 2 aromatic rings. The molecule has 0 fully saturated rings. The maximum Gasteiger partial charge on any atom is 0.145 e. The quantitative estimate of drug-likeness (QED) is 0.784. The number of nitrogen functional groups attached to an aromatic ring is 1. The Bertz CT molecular complexity index is 471. The van der Waals surface area contributed by atoms with Crippen molar-refractivity contribution in [2.45, 2.75) is 20.3 Å². The van der Waals surface area contributed by atoms with Crippen molar-refractivity contribution in [1.29, 1.82) is 0 Å². The van der Waals surface area contributed by atoms with Crippen LogP contribution in [0.3, 0.4) is 0 Å². The minimum absolute atomic E-state index is 0.536. The fraction of sp³-hybridized carbons (Fsp3) is 0.250. The van der Waals surface area contributed by atoms with E-state index in [1.807, 2.05) is 6.07 Å². The standard InChI is InChI=1S/C12H15N3/c1-3-9-5-4-8(2)6-10(9)11-7-12(13)15-14-11/h4-7H,3H2,1-2H3,(H3,13,14,15). The molecule has 0 atom stereocenters. The van der Waals surface area contributed by atoms with Crippen LogP contribution in [0, 0.1) is 6.92 Å². The highest BCUT2D eigenvalue weighted by atomic mass is 15.2. The fourth-order valence-electron chi connectivity index (χ4n) is 1.72. The van der Waals surface area contributed by atoms with Gasteiger partial charge in [-0.15, -0.1) is 0 Å². The second-order valence-corrected chi connectivity index (χ2v) is 3.72. The number of nitrogens with two attached hydrogens (primary N) is 1. The number of aryl methyl sites for hydroxylation is 2. The van der Waals surface area contributed by atoms with Crippen molar-refractivity contribution in [3.63, 3.8) is 0 Å². The van der Waals surface area contributed by atoms with Crippen LogP contribution < -0.4 is 5.73 Å². The molecule has 0 spiro atoms. The van der Waals surface area contributed by atoms with Crippen molar-refractivity contribution in [3.8, 4) is 11.3 Å². The minimum atomic E-state index is 0.536. The van der Waals surface area contributed by atoms with Gasteiger partial charge >= 0.3 is 0 Å². The molecule has 3 N–H and O–H groups in total. The molecule has 0 saturated carbocycles. The number of hydrogen-bond donors (Lipinski definition) is 2. The van der Waals surface area contributed by atoms with Gasteiger partial charge in [-0.3, -0.25) is 5.10 Å². The molecule has 1 heterocycles. The number of aromatic amines is 1. The maximum atomic E-state index is 5.60. The number of H-pyrrole nitrogens is 1. The summed E-state index contributed by atoms with van der Waals surface area (Å²) in [6.45, 7) is 4.23. The first-order valence-electron chi connectivity index (χ1n) is 5.11. The highest BCUT2D eigenvalue weighted by molar-refractivity contribution is 5.66. The lowest BCUT2D eigenvalue weighted by molar-refractivity contribution is 1.08. The van der Waals surface area contributed by atoms with Gasteiger partial charge < -0.3 is 5.73 Å². The molecule has 0 aliphatic carbocycles. The normalized spacial score (nSPS) is 10.5. The summed E-state index contributed by atoms with van der Waals surface area (Å²) in [6.07, 6.45) is 1.01. The Hall–Kier alpha value is -1.77. The zero-order chi connectivity index (χ0) is 10.8. The topological polar surface area (TPSA) is 54.7 Å². The molecule has 0 unspecified atom stereocenters. The van der Waals surface area contributed by atoms with E-state index in [4.69, 9.17) is 5.73 Å². The van der Waals surface area contributed by atoms with Gasteiger partial charge in [-0.2, -0.15) is 5.10 Å². The van der Waals surface area contributed by atoms with Crippen LogP contribution in [0.2, 0.25) is 0 Å². The molecule has 78 valence electrons. The SMILES string of the molecule is CCc1ccc(C)cc1-c1cc(N)n[nH]1. The van der Waals surface area contributed by atoms with Crippen LogP contribution in [0.25, 0.3) is 11.3 Å². The van der Waals surface area contributed by atoms with Crippen molar-refractivity contribution in [3.05, 3.63) is 35.4 Å². The Balaban J connectivity index is 2.55. The zero-order valence-electron chi connectivity index (χ0n) is 9.04. The Morgan fingerprint density at radius 1 is 1.33 bits per heavy atom. The summed E-state index contributed by atoms with van der Waals surface area (Å²) < 4.78 is 0. The van der Waals surface area contributed by atoms with Gasteiger partial charge in [-0.1, -0.05) is 24.6 Å². The lowest BCUT2D eigenvalue weighted by Crippen LogP contribution is -1.89. The Kier molecular flexibility index (Phi) is 2.46. The smallest absolute Gasteiger partial charge is 0.145 e. The van der Waals surface area contributed by atoms with Crippen LogP contribution in [-0.4, -0.2) is 10.2 Å². The van der Waals surface area contributed by atoms with Crippen LogP contribution in [0.5, 0.6) is 0 Å². The lowest BCUT2D eigenvalue weighted by Gasteiger charge is -2.06. The van der Waals surface area contributed by atoms with Crippen molar-refractivity contribution in [1.82, 2.24) is 10.2 Å². The summed E-state index contributed by atoms with van der Waals surface area (Å²) in [5.74, 6) is 0.536. The summed E-state index contributed by atoms with van der Waals surface area (Å²) in [4.78, 5) is 0. The van der Waals surface area contributed by atoms with E-state index in [1.54, 1.807) is 0 Å². The van der Waals surface area contributed by atoms with Gasteiger partial charge in [-0.05, 0) is 25.0 Å². The van der Waals surface area contributed by atoms with Crippen LogP contribution in [0.15, 0.2) is 24.3 Å². The van der Waals surface area contributed by atoms with E-state index in [9.17, 15) is 0 Å². The van der Waals surface area contributed by atoms with Crippen molar-refractivity contribution < 1.29 is 0 Å². The Labute approximate surface area is 89.3 Å². The van der Waals surface area contributed by atoms with Crippen molar-refractivity contribution in [2.75, 3.05) is 5.73 Å². The maximum absolute atomic E-state index is 5.60. The number of nitrogens with one attached hydrogen (secondary N) is 1. The molecule has 3 heteroatoms. The predicted octanol–water partition coefficient (Wildman–Crippen LogP) is 2.53. The molecule has 1 aromatic heterocycles. The number of aromatic nitrogens is 2. The molecular formula is C12H15N3. The zero-order valence-corrected chi connectivity index (χ0v) is 9.04. The molecule has 0 bridgehead atoms. The number of benzene rings is 1. The van der Waals surface area contributed by atoms with Crippen LogP contribution in [0.1, 0.15) is 18.1 Å². The summed E-state index contributed by atoms with van der Waals surface area (Å²) in [5, 5.41) is 6.90. The largest absolute Gasteiger partial charge is 0.382 e. The second kappa shape index (κ2) is 3.77. The van der Waals surface area contributed by atoms with E-state index in [1.165, 1.54) is 16.7 Å². The van der Waals surface area contributed by atoms with Gasteiger partial charge in [0.05, 0.1) is 5.69 Å². The molecule has 0 amide bonds. The first-order valence-corrected chi connectivity index (χ1v) is 5.11. The van der Waals surface area contributed by atoms with Crippen molar-refractivity contribution >= 4 is 5.82 Å². The molecule has 15 heavy (non-hydrogen) atoms. The first-order chi connectivity index (χ1) is 7.20. The third-order valence-electron chi connectivity index (χ3n) is 2.53. The molecule has 3 nitrogen and oxygen atoms in total. The monoisotopic (exact) mass is 201 g/mol. The van der Waals surface area contributed by atoms with Gasteiger partial charge in [0.25, 0.3) is 0 Å². The lowest BCUT2D eigenvalue weighted by atomic mass is 10.00. The Morgan fingerprint density at radius 3 is 2.73 bits per heavy atom. The average molecular weight is 201 g/mol. The van der Waals surface area contributed by atoms with E-state index in [-0.39, 0.29) is 0 Å². The number of anilines is 1. The molecule has 0 saturated heterocycles. The van der Waals surface area contributed by atoms with Crippen LogP contribution in [0.4, 0.5) is 5.82 Å². The minimum Gasteiger partial charge on any atom is -0.382 e.